The highest BCUT2D eigenvalue weighted by Crippen LogP contribution is 2.20. The molecule has 1 rings (SSSR count). The molecule has 1 aliphatic rings. The molecule has 21 heavy (non-hydrogen) atoms. The minimum absolute atomic E-state index is 0.0301. The van der Waals surface area contributed by atoms with Crippen LogP contribution < -0.4 is 5.73 Å². The van der Waals surface area contributed by atoms with E-state index in [2.05, 4.69) is 32.0 Å². The Balaban J connectivity index is 2.81. The molecule has 0 fully saturated rings. The molecule has 5 nitrogen and oxygen atoms in total. The quantitative estimate of drug-likeness (QED) is 0.699. The number of nitrogens with zero attached hydrogens (tertiary/aromatic N) is 3. The lowest BCUT2D eigenvalue weighted by Gasteiger charge is -2.40. The van der Waals surface area contributed by atoms with Gasteiger partial charge in [-0.1, -0.05) is 33.1 Å². The molecule has 0 aliphatic carbocycles. The zero-order valence-electron chi connectivity index (χ0n) is 13.9. The van der Waals surface area contributed by atoms with Crippen LogP contribution in [0.1, 0.15) is 52.9 Å². The molecule has 1 amide bonds. The van der Waals surface area contributed by atoms with Gasteiger partial charge in [0.05, 0.1) is 6.54 Å². The van der Waals surface area contributed by atoms with E-state index in [0.717, 1.165) is 19.3 Å². The van der Waals surface area contributed by atoms with Crippen molar-refractivity contribution in [3.05, 3.63) is 11.8 Å². The molecule has 0 aromatic carbocycles. The van der Waals surface area contributed by atoms with Crippen molar-refractivity contribution in [2.45, 2.75) is 65.2 Å². The van der Waals surface area contributed by atoms with Crippen molar-refractivity contribution >= 4 is 12.1 Å². The van der Waals surface area contributed by atoms with Crippen molar-refractivity contribution in [1.82, 2.24) is 9.80 Å². The number of unbranched alkanes of at least 4 members (excludes halogenated alkanes) is 2. The van der Waals surface area contributed by atoms with Crippen molar-refractivity contribution in [1.29, 1.82) is 0 Å². The third-order valence-electron chi connectivity index (χ3n) is 3.93. The SMILES string of the molecule is CCCCCC(C)N(C(=O)CN)C1N=CC(CC)=CN1C. The van der Waals surface area contributed by atoms with Crippen molar-refractivity contribution in [2.75, 3.05) is 13.6 Å². The largest absolute Gasteiger partial charge is 0.342 e. The van der Waals surface area contributed by atoms with E-state index in [1.54, 1.807) is 0 Å². The van der Waals surface area contributed by atoms with E-state index >= 15 is 0 Å². The Kier molecular flexibility index (Phi) is 7.43. The van der Waals surface area contributed by atoms with Crippen LogP contribution in [0.4, 0.5) is 0 Å². The molecule has 2 unspecified atom stereocenters. The van der Waals surface area contributed by atoms with Gasteiger partial charge in [-0.15, -0.1) is 0 Å². The van der Waals surface area contributed by atoms with Crippen LogP contribution in [0.25, 0.3) is 0 Å². The lowest BCUT2D eigenvalue weighted by Crippen LogP contribution is -2.53. The molecular weight excluding hydrogens is 264 g/mol. The molecule has 1 aliphatic heterocycles. The molecule has 0 spiro atoms. The number of allylic oxidation sites excluding steroid dienone is 1. The van der Waals surface area contributed by atoms with E-state index in [4.69, 9.17) is 5.73 Å². The Labute approximate surface area is 128 Å². The molecule has 1 heterocycles. The Morgan fingerprint density at radius 3 is 2.71 bits per heavy atom. The van der Waals surface area contributed by atoms with Gasteiger partial charge in [-0.2, -0.15) is 0 Å². The van der Waals surface area contributed by atoms with Crippen molar-refractivity contribution in [3.63, 3.8) is 0 Å². The maximum atomic E-state index is 12.3. The van der Waals surface area contributed by atoms with Crippen LogP contribution in [0, 0.1) is 0 Å². The van der Waals surface area contributed by atoms with Crippen LogP contribution in [0.3, 0.4) is 0 Å². The summed E-state index contributed by atoms with van der Waals surface area (Å²) in [5.41, 5.74) is 6.77. The average Bonchev–Trinajstić information content (AvgIpc) is 2.49. The lowest BCUT2D eigenvalue weighted by molar-refractivity contribution is -0.137. The number of hydrogen-bond donors (Lipinski definition) is 1. The molecule has 0 saturated heterocycles. The minimum Gasteiger partial charge on any atom is -0.342 e. The van der Waals surface area contributed by atoms with Crippen LogP contribution in [0.2, 0.25) is 0 Å². The first kappa shape index (κ1) is 17.7. The Morgan fingerprint density at radius 2 is 2.19 bits per heavy atom. The maximum Gasteiger partial charge on any atom is 0.239 e. The molecule has 120 valence electrons. The van der Waals surface area contributed by atoms with E-state index < -0.39 is 0 Å². The average molecular weight is 294 g/mol. The van der Waals surface area contributed by atoms with E-state index in [1.807, 2.05) is 23.1 Å². The molecule has 0 aromatic rings. The smallest absolute Gasteiger partial charge is 0.239 e. The van der Waals surface area contributed by atoms with Crippen LogP contribution in [-0.2, 0) is 4.79 Å². The van der Waals surface area contributed by atoms with Crippen LogP contribution in [-0.4, -0.2) is 47.8 Å². The Hall–Kier alpha value is -1.36. The molecule has 0 radical (unpaired) electrons. The fourth-order valence-electron chi connectivity index (χ4n) is 2.62. The molecule has 0 bridgehead atoms. The summed E-state index contributed by atoms with van der Waals surface area (Å²) in [7, 11) is 1.96. The van der Waals surface area contributed by atoms with Gasteiger partial charge in [0.25, 0.3) is 0 Å². The summed E-state index contributed by atoms with van der Waals surface area (Å²) >= 11 is 0. The summed E-state index contributed by atoms with van der Waals surface area (Å²) in [6, 6.07) is 0.147. The van der Waals surface area contributed by atoms with Crippen LogP contribution in [0.15, 0.2) is 16.8 Å². The predicted molar refractivity (Wildman–Crippen MR) is 87.9 cm³/mol. The zero-order chi connectivity index (χ0) is 15.8. The van der Waals surface area contributed by atoms with Gasteiger partial charge in [0.15, 0.2) is 0 Å². The first-order valence-corrected chi connectivity index (χ1v) is 8.02. The monoisotopic (exact) mass is 294 g/mol. The van der Waals surface area contributed by atoms with Gasteiger partial charge in [-0.05, 0) is 25.3 Å². The normalized spacial score (nSPS) is 19.4. The molecule has 2 atom stereocenters. The first-order valence-electron chi connectivity index (χ1n) is 8.02. The lowest BCUT2D eigenvalue weighted by atomic mass is 10.1. The summed E-state index contributed by atoms with van der Waals surface area (Å²) in [5.74, 6) is -0.0404. The van der Waals surface area contributed by atoms with Gasteiger partial charge in [-0.3, -0.25) is 9.69 Å². The van der Waals surface area contributed by atoms with Gasteiger partial charge < -0.3 is 10.6 Å². The van der Waals surface area contributed by atoms with Gasteiger partial charge in [0.2, 0.25) is 12.2 Å². The summed E-state index contributed by atoms with van der Waals surface area (Å²) in [6.45, 7) is 6.40. The molecule has 2 N–H and O–H groups in total. The maximum absolute atomic E-state index is 12.3. The van der Waals surface area contributed by atoms with E-state index in [9.17, 15) is 4.79 Å². The molecule has 0 saturated carbocycles. The summed E-state index contributed by atoms with van der Waals surface area (Å²) in [6.07, 6.45) is 9.10. The van der Waals surface area contributed by atoms with Gasteiger partial charge in [-0.25, -0.2) is 4.99 Å². The molecule has 0 aromatic heterocycles. The minimum atomic E-state index is -0.270. The van der Waals surface area contributed by atoms with Crippen molar-refractivity contribution in [3.8, 4) is 0 Å². The van der Waals surface area contributed by atoms with E-state index in [1.165, 1.54) is 18.4 Å². The van der Waals surface area contributed by atoms with Crippen molar-refractivity contribution < 1.29 is 4.79 Å². The number of carbonyl (C=O) groups excluding carboxylic acids is 1. The van der Waals surface area contributed by atoms with Crippen LogP contribution in [0.5, 0.6) is 0 Å². The summed E-state index contributed by atoms with van der Waals surface area (Å²) < 4.78 is 0. The summed E-state index contributed by atoms with van der Waals surface area (Å²) in [4.78, 5) is 20.7. The van der Waals surface area contributed by atoms with Crippen molar-refractivity contribution in [2.24, 2.45) is 10.7 Å². The highest BCUT2D eigenvalue weighted by atomic mass is 16.2. The third-order valence-corrected chi connectivity index (χ3v) is 3.93. The number of nitrogens with two attached hydrogens (primary N) is 1. The van der Waals surface area contributed by atoms with Gasteiger partial charge in [0, 0.05) is 25.5 Å². The first-order chi connectivity index (χ1) is 10.0. The zero-order valence-corrected chi connectivity index (χ0v) is 13.9. The standard InChI is InChI=1S/C16H30N4O/c1-5-7-8-9-13(3)20(15(21)10-17)16-18-11-14(6-2)12-19(16)4/h11-13,16H,5-10,17H2,1-4H3. The Bertz CT molecular complexity index is 392. The van der Waals surface area contributed by atoms with E-state index in [0.29, 0.717) is 0 Å². The third kappa shape index (κ3) is 4.84. The predicted octanol–water partition coefficient (Wildman–Crippen LogP) is 2.34. The fraction of sp³-hybridized carbons (Fsp3) is 0.750. The summed E-state index contributed by atoms with van der Waals surface area (Å²) in [5, 5.41) is 0. The van der Waals surface area contributed by atoms with E-state index in [-0.39, 0.29) is 24.8 Å². The fourth-order valence-corrected chi connectivity index (χ4v) is 2.62. The Morgan fingerprint density at radius 1 is 1.48 bits per heavy atom. The highest BCUT2D eigenvalue weighted by molar-refractivity contribution is 5.81. The number of aliphatic imine (C=N–C) groups is 1. The van der Waals surface area contributed by atoms with Crippen LogP contribution >= 0.6 is 0 Å². The second-order valence-electron chi connectivity index (χ2n) is 5.70. The molecular formula is C16H30N4O. The van der Waals surface area contributed by atoms with Gasteiger partial charge >= 0.3 is 0 Å². The number of carbonyl (C=O) groups is 1. The second kappa shape index (κ2) is 8.82. The number of hydrogen-bond acceptors (Lipinski definition) is 4. The number of rotatable bonds is 8. The highest BCUT2D eigenvalue weighted by Gasteiger charge is 2.30. The topological polar surface area (TPSA) is 61.9 Å². The van der Waals surface area contributed by atoms with Gasteiger partial charge in [0.1, 0.15) is 0 Å². The number of amides is 1. The second-order valence-corrected chi connectivity index (χ2v) is 5.70. The molecule has 5 heteroatoms.